The minimum Gasteiger partial charge on any atom is -0.400 e. The first-order valence-corrected chi connectivity index (χ1v) is 7.69. The molecule has 5 heteroatoms. The summed E-state index contributed by atoms with van der Waals surface area (Å²) in [5, 5.41) is 0.711. The number of hydrogen-bond donors (Lipinski definition) is 1. The van der Waals surface area contributed by atoms with Crippen molar-refractivity contribution < 1.29 is 9.31 Å². The summed E-state index contributed by atoms with van der Waals surface area (Å²) in [6, 6.07) is 7.71. The van der Waals surface area contributed by atoms with Crippen LogP contribution in [0.5, 0.6) is 0 Å². The SMILES string of the molecule is CC1(C)OB(C(=Cc2ccccc2Cl)CS)OC1(C)C. The van der Waals surface area contributed by atoms with Gasteiger partial charge in [0.15, 0.2) is 0 Å². The molecule has 1 saturated heterocycles. The number of halogens is 1. The number of hydrogen-bond acceptors (Lipinski definition) is 3. The molecule has 0 N–H and O–H groups in total. The predicted molar refractivity (Wildman–Crippen MR) is 89.4 cm³/mol. The van der Waals surface area contributed by atoms with Crippen LogP contribution < -0.4 is 0 Å². The highest BCUT2D eigenvalue weighted by Crippen LogP contribution is 2.39. The van der Waals surface area contributed by atoms with Gasteiger partial charge in [0.05, 0.1) is 11.2 Å². The summed E-state index contributed by atoms with van der Waals surface area (Å²) in [6.45, 7) is 8.16. The van der Waals surface area contributed by atoms with Crippen molar-refractivity contribution >= 4 is 37.4 Å². The van der Waals surface area contributed by atoms with E-state index in [1.54, 1.807) is 0 Å². The first-order valence-electron chi connectivity index (χ1n) is 6.68. The van der Waals surface area contributed by atoms with Gasteiger partial charge in [0.25, 0.3) is 0 Å². The zero-order valence-electron chi connectivity index (χ0n) is 12.3. The van der Waals surface area contributed by atoms with Gasteiger partial charge < -0.3 is 9.31 Å². The largest absolute Gasteiger partial charge is 0.491 e. The minimum atomic E-state index is -0.381. The van der Waals surface area contributed by atoms with E-state index in [1.807, 2.05) is 58.0 Å². The Bertz CT molecular complexity index is 512. The standard InChI is InChI=1S/C15H20BClO2S/c1-14(2)15(3,4)19-16(18-14)12(10-20)9-11-7-5-6-8-13(11)17/h5-9,20H,10H2,1-4H3. The van der Waals surface area contributed by atoms with Crippen molar-refractivity contribution in [3.05, 3.63) is 40.3 Å². The third-order valence-electron chi connectivity index (χ3n) is 3.98. The van der Waals surface area contributed by atoms with Crippen molar-refractivity contribution in [2.24, 2.45) is 0 Å². The molecular weight excluding hydrogens is 290 g/mol. The zero-order chi connectivity index (χ0) is 15.0. The van der Waals surface area contributed by atoms with Crippen molar-refractivity contribution in [3.63, 3.8) is 0 Å². The molecule has 108 valence electrons. The van der Waals surface area contributed by atoms with Crippen molar-refractivity contribution in [1.82, 2.24) is 0 Å². The average Bonchev–Trinajstić information content (AvgIpc) is 2.57. The smallest absolute Gasteiger partial charge is 0.400 e. The van der Waals surface area contributed by atoms with Gasteiger partial charge in [-0.2, -0.15) is 12.6 Å². The number of rotatable bonds is 3. The molecular formula is C15H20BClO2S. The molecule has 0 amide bonds. The molecule has 1 aromatic rings. The molecule has 0 spiro atoms. The zero-order valence-corrected chi connectivity index (χ0v) is 14.0. The van der Waals surface area contributed by atoms with Crippen LogP contribution in [0.4, 0.5) is 0 Å². The summed E-state index contributed by atoms with van der Waals surface area (Å²) in [6.07, 6.45) is 2.00. The van der Waals surface area contributed by atoms with Gasteiger partial charge in [0, 0.05) is 10.8 Å². The summed E-state index contributed by atoms with van der Waals surface area (Å²) >= 11 is 10.6. The van der Waals surface area contributed by atoms with E-state index in [0.29, 0.717) is 10.8 Å². The monoisotopic (exact) mass is 310 g/mol. The second kappa shape index (κ2) is 5.76. The van der Waals surface area contributed by atoms with Crippen molar-refractivity contribution in [2.45, 2.75) is 38.9 Å². The van der Waals surface area contributed by atoms with E-state index in [4.69, 9.17) is 20.9 Å². The van der Waals surface area contributed by atoms with Gasteiger partial charge in [-0.25, -0.2) is 0 Å². The van der Waals surface area contributed by atoms with Crippen molar-refractivity contribution in [2.75, 3.05) is 5.75 Å². The molecule has 1 fully saturated rings. The molecule has 0 saturated carbocycles. The lowest BCUT2D eigenvalue weighted by atomic mass is 9.78. The maximum absolute atomic E-state index is 6.19. The molecule has 0 aliphatic carbocycles. The molecule has 2 nitrogen and oxygen atoms in total. The first-order chi connectivity index (χ1) is 9.27. The number of benzene rings is 1. The van der Waals surface area contributed by atoms with Gasteiger partial charge in [-0.1, -0.05) is 35.9 Å². The molecule has 1 heterocycles. The quantitative estimate of drug-likeness (QED) is 0.663. The fourth-order valence-corrected chi connectivity index (χ4v) is 2.41. The van der Waals surface area contributed by atoms with Crippen LogP contribution in [0.15, 0.2) is 29.7 Å². The lowest BCUT2D eigenvalue weighted by Gasteiger charge is -2.32. The van der Waals surface area contributed by atoms with Gasteiger partial charge in [-0.05, 0) is 44.8 Å². The molecule has 2 rings (SSSR count). The fraction of sp³-hybridized carbons (Fsp3) is 0.467. The Morgan fingerprint density at radius 2 is 1.75 bits per heavy atom. The highest BCUT2D eigenvalue weighted by molar-refractivity contribution is 7.80. The maximum atomic E-state index is 6.19. The molecule has 0 aromatic heterocycles. The fourth-order valence-electron chi connectivity index (χ4n) is 1.97. The average molecular weight is 311 g/mol. The Kier molecular flexibility index (Phi) is 4.60. The van der Waals surface area contributed by atoms with E-state index < -0.39 is 0 Å². The van der Waals surface area contributed by atoms with Gasteiger partial charge in [0.1, 0.15) is 0 Å². The van der Waals surface area contributed by atoms with E-state index in [9.17, 15) is 0 Å². The second-order valence-electron chi connectivity index (χ2n) is 5.99. The summed E-state index contributed by atoms with van der Waals surface area (Å²) in [4.78, 5) is 0. The Morgan fingerprint density at radius 1 is 1.20 bits per heavy atom. The lowest BCUT2D eigenvalue weighted by Crippen LogP contribution is -2.41. The Balaban J connectivity index is 2.29. The predicted octanol–water partition coefficient (Wildman–Crippen LogP) is 4.28. The normalized spacial score (nSPS) is 21.3. The molecule has 1 aliphatic rings. The van der Waals surface area contributed by atoms with Gasteiger partial charge in [-0.3, -0.25) is 0 Å². The van der Waals surface area contributed by atoms with Crippen LogP contribution >= 0.6 is 24.2 Å². The van der Waals surface area contributed by atoms with E-state index in [2.05, 4.69) is 12.6 Å². The van der Waals surface area contributed by atoms with Crippen molar-refractivity contribution in [3.8, 4) is 0 Å². The van der Waals surface area contributed by atoms with E-state index in [-0.39, 0.29) is 18.3 Å². The number of thiol groups is 1. The summed E-state index contributed by atoms with van der Waals surface area (Å²) in [5.74, 6) is 0.558. The summed E-state index contributed by atoms with van der Waals surface area (Å²) in [7, 11) is -0.381. The van der Waals surface area contributed by atoms with Crippen LogP contribution in [-0.2, 0) is 9.31 Å². The van der Waals surface area contributed by atoms with Gasteiger partial charge in [-0.15, -0.1) is 0 Å². The van der Waals surface area contributed by atoms with Crippen molar-refractivity contribution in [1.29, 1.82) is 0 Å². The van der Waals surface area contributed by atoms with Gasteiger partial charge >= 0.3 is 7.12 Å². The van der Waals surface area contributed by atoms with E-state index in [0.717, 1.165) is 11.0 Å². The topological polar surface area (TPSA) is 18.5 Å². The van der Waals surface area contributed by atoms with Crippen LogP contribution in [0.3, 0.4) is 0 Å². The Labute approximate surface area is 132 Å². The van der Waals surface area contributed by atoms with Crippen LogP contribution in [0.1, 0.15) is 33.3 Å². The second-order valence-corrected chi connectivity index (χ2v) is 6.71. The van der Waals surface area contributed by atoms with Crippen LogP contribution in [0.2, 0.25) is 5.02 Å². The lowest BCUT2D eigenvalue weighted by molar-refractivity contribution is 0.00578. The third kappa shape index (κ3) is 3.09. The van der Waals surface area contributed by atoms with Crippen LogP contribution in [-0.4, -0.2) is 24.1 Å². The maximum Gasteiger partial charge on any atom is 0.491 e. The first kappa shape index (κ1) is 16.0. The van der Waals surface area contributed by atoms with Crippen LogP contribution in [0, 0.1) is 0 Å². The van der Waals surface area contributed by atoms with E-state index in [1.165, 1.54) is 0 Å². The molecule has 1 aromatic carbocycles. The third-order valence-corrected chi connectivity index (χ3v) is 4.69. The van der Waals surface area contributed by atoms with Crippen LogP contribution in [0.25, 0.3) is 6.08 Å². The molecule has 0 bridgehead atoms. The highest BCUT2D eigenvalue weighted by Gasteiger charge is 2.52. The summed E-state index contributed by atoms with van der Waals surface area (Å²) in [5.41, 5.74) is 1.23. The van der Waals surface area contributed by atoms with E-state index >= 15 is 0 Å². The molecule has 0 atom stereocenters. The van der Waals surface area contributed by atoms with Gasteiger partial charge in [0.2, 0.25) is 0 Å². The molecule has 0 unspecified atom stereocenters. The Morgan fingerprint density at radius 3 is 2.25 bits per heavy atom. The minimum absolute atomic E-state index is 0.347. The highest BCUT2D eigenvalue weighted by atomic mass is 35.5. The molecule has 1 aliphatic heterocycles. The summed E-state index contributed by atoms with van der Waals surface area (Å²) < 4.78 is 12.1. The molecule has 0 radical (unpaired) electrons. The molecule has 20 heavy (non-hydrogen) atoms. The Hall–Kier alpha value is -0.415.